The van der Waals surface area contributed by atoms with Crippen LogP contribution in [0.1, 0.15) is 233 Å². The Morgan fingerprint density at radius 2 is 0.828 bits per heavy atom. The lowest BCUT2D eigenvalue weighted by atomic mass is 10.0. The zero-order chi connectivity index (χ0) is 42.2. The molecule has 7 heteroatoms. The third kappa shape index (κ3) is 33.7. The molecule has 1 aliphatic rings. The molecule has 1 saturated heterocycles. The number of likely N-dealkylation sites (tertiary alicyclic amines) is 1. The van der Waals surface area contributed by atoms with Crippen LogP contribution in [0.3, 0.4) is 0 Å². The van der Waals surface area contributed by atoms with Gasteiger partial charge in [0.2, 0.25) is 0 Å². The Morgan fingerprint density at radius 3 is 1.24 bits per heavy atom. The second-order valence-corrected chi connectivity index (χ2v) is 17.3. The molecule has 0 aliphatic carbocycles. The summed E-state index contributed by atoms with van der Waals surface area (Å²) in [5.41, 5.74) is 0. The molecule has 0 bridgehead atoms. The lowest BCUT2D eigenvalue weighted by molar-refractivity contribution is -0.150. The van der Waals surface area contributed by atoms with Gasteiger partial charge in [0.25, 0.3) is 0 Å². The highest BCUT2D eigenvalue weighted by Crippen LogP contribution is 2.19. The van der Waals surface area contributed by atoms with Crippen molar-refractivity contribution in [1.29, 1.82) is 0 Å². The minimum Gasteiger partial charge on any atom is -0.465 e. The van der Waals surface area contributed by atoms with E-state index >= 15 is 0 Å². The van der Waals surface area contributed by atoms with E-state index < -0.39 is 0 Å². The number of rotatable bonds is 41. The van der Waals surface area contributed by atoms with E-state index in [1.165, 1.54) is 90.1 Å². The maximum absolute atomic E-state index is 12.8. The van der Waals surface area contributed by atoms with Crippen LogP contribution in [0.4, 0.5) is 0 Å². The van der Waals surface area contributed by atoms with E-state index in [1.54, 1.807) is 0 Å². The van der Waals surface area contributed by atoms with E-state index in [0.29, 0.717) is 44.3 Å². The third-order valence-electron chi connectivity index (χ3n) is 12.3. The van der Waals surface area contributed by atoms with Gasteiger partial charge >= 0.3 is 17.9 Å². The number of nitrogens with zero attached hydrogens (tertiary/aromatic N) is 1. The second kappa shape index (κ2) is 40.3. The molecule has 0 amide bonds. The van der Waals surface area contributed by atoms with Crippen LogP contribution in [-0.2, 0) is 28.6 Å². The predicted molar refractivity (Wildman–Crippen MR) is 244 cm³/mol. The first-order valence-corrected chi connectivity index (χ1v) is 24.9. The Kier molecular flexibility index (Phi) is 37.4. The SMILES string of the molecule is CCC(CC)COC(=O)CCCC/C=C\CCCCCCCCC(CCCCCCCC/C=C\CCCCC(=O)OCC(CC)CC)OC(=O)CCCN1CCCC1. The zero-order valence-electron chi connectivity index (χ0n) is 38.6. The number of carbonyl (C=O) groups excluding carboxylic acids is 3. The number of unbranched alkanes of at least 4 members (excludes halogenated alkanes) is 16. The van der Waals surface area contributed by atoms with Crippen LogP contribution in [0.5, 0.6) is 0 Å². The first-order chi connectivity index (χ1) is 28.4. The maximum Gasteiger partial charge on any atom is 0.306 e. The van der Waals surface area contributed by atoms with Gasteiger partial charge in [-0.15, -0.1) is 0 Å². The van der Waals surface area contributed by atoms with Crippen molar-refractivity contribution in [2.75, 3.05) is 32.8 Å². The van der Waals surface area contributed by atoms with Gasteiger partial charge in [0, 0.05) is 19.3 Å². The lowest BCUT2D eigenvalue weighted by Crippen LogP contribution is -2.23. The van der Waals surface area contributed by atoms with Crippen LogP contribution in [0, 0.1) is 11.8 Å². The smallest absolute Gasteiger partial charge is 0.306 e. The summed E-state index contributed by atoms with van der Waals surface area (Å²) < 4.78 is 16.9. The van der Waals surface area contributed by atoms with Crippen molar-refractivity contribution < 1.29 is 28.6 Å². The molecule has 0 saturated carbocycles. The minimum atomic E-state index is -0.0399. The second-order valence-electron chi connectivity index (χ2n) is 17.3. The standard InChI is InChI=1S/C51H93NO6/c1-5-46(6-2)44-56-49(53)38-31-27-23-19-15-11-9-13-17-21-25-29-36-48(58-51(55)40-35-43-52-41-33-34-42-52)37-30-26-22-18-14-10-12-16-20-24-28-32-39-50(54)57-45-47(7-3)8-4/h15-16,19-20,46-48H,5-14,17-18,21-45H2,1-4H3/b19-15-,20-16-. The Balaban J connectivity index is 2.13. The molecule has 0 unspecified atom stereocenters. The molecule has 0 N–H and O–H groups in total. The lowest BCUT2D eigenvalue weighted by Gasteiger charge is -2.19. The fraction of sp³-hybridized carbons (Fsp3) is 0.863. The van der Waals surface area contributed by atoms with Crippen molar-refractivity contribution in [3.05, 3.63) is 24.3 Å². The first kappa shape index (κ1) is 53.9. The van der Waals surface area contributed by atoms with E-state index in [0.717, 1.165) is 116 Å². The van der Waals surface area contributed by atoms with Crippen molar-refractivity contribution in [3.63, 3.8) is 0 Å². The van der Waals surface area contributed by atoms with Crippen molar-refractivity contribution in [2.45, 2.75) is 239 Å². The van der Waals surface area contributed by atoms with Gasteiger partial charge in [0.15, 0.2) is 0 Å². The van der Waals surface area contributed by atoms with E-state index in [2.05, 4.69) is 56.9 Å². The molecule has 1 aliphatic heterocycles. The summed E-state index contributed by atoms with van der Waals surface area (Å²) in [7, 11) is 0. The van der Waals surface area contributed by atoms with Gasteiger partial charge in [-0.3, -0.25) is 14.4 Å². The van der Waals surface area contributed by atoms with Crippen LogP contribution in [0.15, 0.2) is 24.3 Å². The van der Waals surface area contributed by atoms with Gasteiger partial charge in [-0.1, -0.05) is 129 Å². The average Bonchev–Trinajstić information content (AvgIpc) is 3.75. The summed E-state index contributed by atoms with van der Waals surface area (Å²) in [5, 5.41) is 0. The topological polar surface area (TPSA) is 82.1 Å². The molecule has 0 atom stereocenters. The highest BCUT2D eigenvalue weighted by atomic mass is 16.5. The summed E-state index contributed by atoms with van der Waals surface area (Å²) in [5.74, 6) is 0.928. The minimum absolute atomic E-state index is 0.00957. The number of carbonyl (C=O) groups is 3. The van der Waals surface area contributed by atoms with Crippen molar-refractivity contribution in [2.24, 2.45) is 11.8 Å². The molecule has 0 aromatic carbocycles. The summed E-state index contributed by atoms with van der Waals surface area (Å²) >= 11 is 0. The Hall–Kier alpha value is -2.15. The third-order valence-corrected chi connectivity index (χ3v) is 12.3. The summed E-state index contributed by atoms with van der Waals surface area (Å²) in [6, 6.07) is 0. The van der Waals surface area contributed by atoms with Gasteiger partial charge in [0.05, 0.1) is 13.2 Å². The van der Waals surface area contributed by atoms with Gasteiger partial charge in [0.1, 0.15) is 6.10 Å². The molecule has 0 spiro atoms. The summed E-state index contributed by atoms with van der Waals surface area (Å²) in [4.78, 5) is 39.1. The summed E-state index contributed by atoms with van der Waals surface area (Å²) in [6.45, 7) is 13.2. The average molecular weight is 816 g/mol. The predicted octanol–water partition coefficient (Wildman–Crippen LogP) is 14.2. The van der Waals surface area contributed by atoms with E-state index in [4.69, 9.17) is 14.2 Å². The van der Waals surface area contributed by atoms with Crippen molar-refractivity contribution in [1.82, 2.24) is 4.90 Å². The fourth-order valence-corrected chi connectivity index (χ4v) is 7.79. The normalized spacial score (nSPS) is 13.6. The molecule has 0 radical (unpaired) electrons. The van der Waals surface area contributed by atoms with Gasteiger partial charge in [-0.25, -0.2) is 0 Å². The summed E-state index contributed by atoms with van der Waals surface area (Å²) in [6.07, 6.45) is 43.9. The molecular weight excluding hydrogens is 723 g/mol. The van der Waals surface area contributed by atoms with Crippen LogP contribution in [0.2, 0.25) is 0 Å². The van der Waals surface area contributed by atoms with E-state index in [9.17, 15) is 14.4 Å². The molecule has 1 rings (SSSR count). The molecule has 7 nitrogen and oxygen atoms in total. The van der Waals surface area contributed by atoms with Crippen LogP contribution in [-0.4, -0.2) is 61.8 Å². The highest BCUT2D eigenvalue weighted by molar-refractivity contribution is 5.70. The Labute approximate surface area is 358 Å². The van der Waals surface area contributed by atoms with Crippen LogP contribution < -0.4 is 0 Å². The molecule has 338 valence electrons. The largest absolute Gasteiger partial charge is 0.465 e. The van der Waals surface area contributed by atoms with Gasteiger partial charge in [-0.2, -0.15) is 0 Å². The van der Waals surface area contributed by atoms with E-state index in [-0.39, 0.29) is 24.0 Å². The Morgan fingerprint density at radius 1 is 0.466 bits per heavy atom. The molecule has 1 fully saturated rings. The molecular formula is C51H93NO6. The van der Waals surface area contributed by atoms with Gasteiger partial charge in [-0.05, 0) is 141 Å². The van der Waals surface area contributed by atoms with Crippen molar-refractivity contribution >= 4 is 17.9 Å². The molecule has 58 heavy (non-hydrogen) atoms. The Bertz CT molecular complexity index is 950. The molecule has 1 heterocycles. The van der Waals surface area contributed by atoms with Crippen molar-refractivity contribution in [3.8, 4) is 0 Å². The number of esters is 3. The van der Waals surface area contributed by atoms with Crippen LogP contribution in [0.25, 0.3) is 0 Å². The first-order valence-electron chi connectivity index (χ1n) is 24.9. The maximum atomic E-state index is 12.8. The highest BCUT2D eigenvalue weighted by Gasteiger charge is 2.16. The zero-order valence-corrected chi connectivity index (χ0v) is 38.6. The van der Waals surface area contributed by atoms with Crippen LogP contribution >= 0.6 is 0 Å². The number of allylic oxidation sites excluding steroid dienone is 4. The quantitative estimate of drug-likeness (QED) is 0.0263. The number of hydrogen-bond acceptors (Lipinski definition) is 7. The molecule has 0 aromatic heterocycles. The van der Waals surface area contributed by atoms with Gasteiger partial charge < -0.3 is 19.1 Å². The number of hydrogen-bond donors (Lipinski definition) is 0. The number of ether oxygens (including phenoxy) is 3. The fourth-order valence-electron chi connectivity index (χ4n) is 7.79. The monoisotopic (exact) mass is 816 g/mol. The van der Waals surface area contributed by atoms with E-state index in [1.807, 2.05) is 0 Å². The molecule has 0 aromatic rings.